The van der Waals surface area contributed by atoms with Crippen molar-refractivity contribution in [2.75, 3.05) is 19.6 Å². The third kappa shape index (κ3) is 4.47. The maximum atomic E-state index is 12.4. The third-order valence-electron chi connectivity index (χ3n) is 4.98. The van der Waals surface area contributed by atoms with Gasteiger partial charge in [-0.05, 0) is 31.0 Å². The Morgan fingerprint density at radius 1 is 1.47 bits per heavy atom. The van der Waals surface area contributed by atoms with Gasteiger partial charge in [0.25, 0.3) is 0 Å². The van der Waals surface area contributed by atoms with Crippen LogP contribution in [0.2, 0.25) is 4.34 Å². The van der Waals surface area contributed by atoms with E-state index in [4.69, 9.17) is 16.7 Å². The molecule has 4 rings (SSSR count). The molecule has 2 aromatic rings. The molecule has 1 amide bonds. The van der Waals surface area contributed by atoms with Crippen LogP contribution in [0.5, 0.6) is 0 Å². The Balaban J connectivity index is 1.52. The second-order valence-corrected chi connectivity index (χ2v) is 8.66. The molecule has 1 unspecified atom stereocenters. The second-order valence-electron chi connectivity index (χ2n) is 6.94. The van der Waals surface area contributed by atoms with Crippen molar-refractivity contribution in [1.82, 2.24) is 25.0 Å². The maximum absolute atomic E-state index is 12.4. The van der Waals surface area contributed by atoms with Gasteiger partial charge in [0.2, 0.25) is 11.9 Å². The Kier molecular flexibility index (Phi) is 6.30. The molecule has 1 fully saturated rings. The van der Waals surface area contributed by atoms with Crippen LogP contribution >= 0.6 is 22.9 Å². The normalized spacial score (nSPS) is 19.3. The van der Waals surface area contributed by atoms with Gasteiger partial charge in [0.15, 0.2) is 6.19 Å². The number of nitrogens with one attached hydrogen (secondary N) is 1. The van der Waals surface area contributed by atoms with Crippen molar-refractivity contribution < 1.29 is 4.79 Å². The first kappa shape index (κ1) is 20.4. The number of carbonyl (C=O) groups excluding carboxylic acids is 1. The molecule has 1 saturated heterocycles. The van der Waals surface area contributed by atoms with Gasteiger partial charge in [-0.25, -0.2) is 5.01 Å². The number of halogens is 1. The number of aryl methyl sites for hydroxylation is 1. The van der Waals surface area contributed by atoms with Crippen LogP contribution < -0.4 is 5.32 Å². The van der Waals surface area contributed by atoms with Crippen LogP contribution in [0.4, 0.5) is 0 Å². The molecule has 0 saturated carbocycles. The summed E-state index contributed by atoms with van der Waals surface area (Å²) in [7, 11) is 0. The van der Waals surface area contributed by atoms with E-state index in [1.54, 1.807) is 11.2 Å². The van der Waals surface area contributed by atoms with Crippen molar-refractivity contribution >= 4 is 40.5 Å². The number of thiophene rings is 1. The van der Waals surface area contributed by atoms with E-state index in [-0.39, 0.29) is 11.9 Å². The highest BCUT2D eigenvalue weighted by molar-refractivity contribution is 7.18. The molecule has 0 bridgehead atoms. The lowest BCUT2D eigenvalue weighted by Crippen LogP contribution is -2.45. The quantitative estimate of drug-likeness (QED) is 0.242. The number of carbonyl (C=O) groups is 1. The van der Waals surface area contributed by atoms with Crippen molar-refractivity contribution in [1.29, 1.82) is 5.26 Å². The number of nitrogens with zero attached hydrogens (tertiary/aromatic N) is 7. The fourth-order valence-corrected chi connectivity index (χ4v) is 4.69. The number of guanidine groups is 1. The third-order valence-corrected chi connectivity index (χ3v) is 6.23. The summed E-state index contributed by atoms with van der Waals surface area (Å²) < 4.78 is 2.51. The summed E-state index contributed by atoms with van der Waals surface area (Å²) in [6, 6.07) is 5.43. The predicted octanol–water partition coefficient (Wildman–Crippen LogP) is 2.13. The minimum atomic E-state index is -0.190. The van der Waals surface area contributed by atoms with Crippen molar-refractivity contribution in [3.05, 3.63) is 39.8 Å². The Labute approximate surface area is 183 Å². The highest BCUT2D eigenvalue weighted by Gasteiger charge is 2.39. The Morgan fingerprint density at radius 3 is 3.03 bits per heavy atom. The number of aromatic nitrogens is 2. The molecule has 156 valence electrons. The van der Waals surface area contributed by atoms with Gasteiger partial charge >= 0.3 is 0 Å². The minimum absolute atomic E-state index is 0.128. The van der Waals surface area contributed by atoms with Crippen LogP contribution in [0.25, 0.3) is 0 Å². The van der Waals surface area contributed by atoms with Crippen LogP contribution in [0.3, 0.4) is 0 Å². The van der Waals surface area contributed by atoms with Crippen LogP contribution in [0.15, 0.2) is 40.7 Å². The Morgan fingerprint density at radius 2 is 2.37 bits per heavy atom. The number of likely N-dealkylation sites (tertiary alicyclic amines) is 1. The SMILES string of the molecule is N#CNC(=NCCCn1cccn1)N1CC(N2CCCC2=O)C(c2ccc(Cl)s2)=N1. The summed E-state index contributed by atoms with van der Waals surface area (Å²) in [5, 5.41) is 22.4. The van der Waals surface area contributed by atoms with Crippen LogP contribution in [-0.2, 0) is 11.3 Å². The topological polar surface area (TPSA) is 102 Å². The summed E-state index contributed by atoms with van der Waals surface area (Å²) >= 11 is 7.56. The number of rotatable bonds is 6. The smallest absolute Gasteiger partial charge is 0.228 e. The van der Waals surface area contributed by atoms with Crippen molar-refractivity contribution in [3.8, 4) is 6.19 Å². The highest BCUT2D eigenvalue weighted by Crippen LogP contribution is 2.29. The standard InChI is InChI=1S/C19H21ClN8OS/c20-16-6-5-15(30-16)18-14(27-11-1-4-17(27)29)12-28(25-18)19(23-13-21)22-7-2-9-26-10-3-8-24-26/h3,5-6,8,10,14H,1-2,4,7,9,11-12H2,(H,22,23). The molecule has 0 aliphatic carbocycles. The number of aliphatic imine (C=N–C) groups is 1. The zero-order valence-electron chi connectivity index (χ0n) is 16.2. The molecule has 2 aromatic heterocycles. The fourth-order valence-electron chi connectivity index (χ4n) is 3.62. The van der Waals surface area contributed by atoms with Gasteiger partial charge in [0, 0.05) is 38.4 Å². The number of hydrogen-bond donors (Lipinski definition) is 1. The van der Waals surface area contributed by atoms with E-state index in [2.05, 4.69) is 15.4 Å². The van der Waals surface area contributed by atoms with Gasteiger partial charge in [0.05, 0.1) is 21.8 Å². The second kappa shape index (κ2) is 9.28. The van der Waals surface area contributed by atoms with E-state index >= 15 is 0 Å². The molecule has 0 spiro atoms. The maximum Gasteiger partial charge on any atom is 0.228 e. The van der Waals surface area contributed by atoms with E-state index in [0.717, 1.165) is 30.0 Å². The van der Waals surface area contributed by atoms with E-state index in [9.17, 15) is 10.1 Å². The lowest BCUT2D eigenvalue weighted by atomic mass is 10.1. The molecule has 4 heterocycles. The van der Waals surface area contributed by atoms with E-state index in [0.29, 0.717) is 36.4 Å². The highest BCUT2D eigenvalue weighted by atomic mass is 35.5. The van der Waals surface area contributed by atoms with E-state index in [1.165, 1.54) is 11.3 Å². The summed E-state index contributed by atoms with van der Waals surface area (Å²) in [6.07, 6.45) is 7.76. The molecular formula is C19H21ClN8OS. The van der Waals surface area contributed by atoms with Gasteiger partial charge in [-0.15, -0.1) is 11.3 Å². The number of nitriles is 1. The van der Waals surface area contributed by atoms with Crippen molar-refractivity contribution in [2.45, 2.75) is 31.8 Å². The molecule has 1 N–H and O–H groups in total. The first-order chi connectivity index (χ1) is 14.7. The molecule has 30 heavy (non-hydrogen) atoms. The van der Waals surface area contributed by atoms with Crippen molar-refractivity contribution in [2.24, 2.45) is 10.1 Å². The zero-order chi connectivity index (χ0) is 20.9. The molecule has 0 radical (unpaired) electrons. The fraction of sp³-hybridized carbons (Fsp3) is 0.421. The lowest BCUT2D eigenvalue weighted by molar-refractivity contribution is -0.128. The first-order valence-corrected chi connectivity index (χ1v) is 10.9. The Hall–Kier alpha value is -2.90. The largest absolute Gasteiger partial charge is 0.332 e. The van der Waals surface area contributed by atoms with Crippen molar-refractivity contribution in [3.63, 3.8) is 0 Å². The predicted molar refractivity (Wildman–Crippen MR) is 115 cm³/mol. The molecule has 1 atom stereocenters. The summed E-state index contributed by atoms with van der Waals surface area (Å²) in [4.78, 5) is 19.7. The summed E-state index contributed by atoms with van der Waals surface area (Å²) in [6.45, 7) is 2.41. The average Bonchev–Trinajstić information content (AvgIpc) is 3.51. The zero-order valence-corrected chi connectivity index (χ0v) is 17.8. The van der Waals surface area contributed by atoms with Gasteiger partial charge in [0.1, 0.15) is 5.71 Å². The van der Waals surface area contributed by atoms with Gasteiger partial charge in [-0.2, -0.15) is 15.5 Å². The van der Waals surface area contributed by atoms with Gasteiger partial charge in [-0.1, -0.05) is 11.6 Å². The number of hydrogen-bond acceptors (Lipinski definition) is 6. The Bertz CT molecular complexity index is 993. The van der Waals surface area contributed by atoms with Crippen LogP contribution in [-0.4, -0.2) is 62.9 Å². The summed E-state index contributed by atoms with van der Waals surface area (Å²) in [5.74, 6) is 0.510. The average molecular weight is 445 g/mol. The molecular weight excluding hydrogens is 424 g/mol. The molecule has 2 aliphatic rings. The number of hydrazone groups is 1. The van der Waals surface area contributed by atoms with Crippen LogP contribution in [0.1, 0.15) is 24.1 Å². The lowest BCUT2D eigenvalue weighted by Gasteiger charge is -2.25. The summed E-state index contributed by atoms with van der Waals surface area (Å²) in [5.41, 5.74) is 0.783. The molecule has 11 heteroatoms. The molecule has 2 aliphatic heterocycles. The monoisotopic (exact) mass is 444 g/mol. The minimum Gasteiger partial charge on any atom is -0.332 e. The van der Waals surface area contributed by atoms with E-state index in [1.807, 2.05) is 40.2 Å². The number of amides is 1. The van der Waals surface area contributed by atoms with Gasteiger partial charge < -0.3 is 4.90 Å². The molecule has 9 nitrogen and oxygen atoms in total. The van der Waals surface area contributed by atoms with Gasteiger partial charge in [-0.3, -0.25) is 19.8 Å². The van der Waals surface area contributed by atoms with Crippen LogP contribution in [0, 0.1) is 11.5 Å². The molecule has 0 aromatic carbocycles. The first-order valence-electron chi connectivity index (χ1n) is 9.74. The van der Waals surface area contributed by atoms with E-state index < -0.39 is 0 Å².